The third-order valence-corrected chi connectivity index (χ3v) is 4.48. The van der Waals surface area contributed by atoms with Crippen molar-refractivity contribution in [2.75, 3.05) is 6.54 Å². The van der Waals surface area contributed by atoms with Gasteiger partial charge in [0.1, 0.15) is 23.9 Å². The van der Waals surface area contributed by atoms with E-state index >= 15 is 0 Å². The lowest BCUT2D eigenvalue weighted by molar-refractivity contribution is -0.201. The van der Waals surface area contributed by atoms with Crippen LogP contribution in [0.2, 0.25) is 0 Å². The number of para-hydroxylation sites is 1. The summed E-state index contributed by atoms with van der Waals surface area (Å²) in [6, 6.07) is 24.3. The number of carbonyl (C=O) groups excluding carboxylic acids is 2. The van der Waals surface area contributed by atoms with E-state index in [1.165, 1.54) is 0 Å². The van der Waals surface area contributed by atoms with Gasteiger partial charge in [0.15, 0.2) is 0 Å². The van der Waals surface area contributed by atoms with E-state index in [9.17, 15) is 22.8 Å². The third-order valence-electron chi connectivity index (χ3n) is 4.48. The Balaban J connectivity index is 1.39. The van der Waals surface area contributed by atoms with Gasteiger partial charge in [-0.25, -0.2) is 4.79 Å². The van der Waals surface area contributed by atoms with Crippen molar-refractivity contribution < 1.29 is 37.0 Å². The van der Waals surface area contributed by atoms with Gasteiger partial charge in [-0.3, -0.25) is 4.79 Å². The normalized spacial score (nSPS) is 11.0. The van der Waals surface area contributed by atoms with Crippen LogP contribution in [0.15, 0.2) is 78.9 Å². The van der Waals surface area contributed by atoms with Crippen molar-refractivity contribution in [3.8, 4) is 17.2 Å². The number of benzene rings is 3. The molecule has 0 fully saturated rings. The maximum atomic E-state index is 12.0. The fourth-order valence-electron chi connectivity index (χ4n) is 2.83. The van der Waals surface area contributed by atoms with Gasteiger partial charge in [-0.15, -0.1) is 0 Å². The van der Waals surface area contributed by atoms with E-state index < -0.39 is 18.1 Å². The Kier molecular flexibility index (Phi) is 8.64. The van der Waals surface area contributed by atoms with E-state index in [1.54, 1.807) is 12.1 Å². The van der Waals surface area contributed by atoms with Crippen LogP contribution in [0.1, 0.15) is 17.5 Å². The molecule has 0 radical (unpaired) electrons. The van der Waals surface area contributed by atoms with Gasteiger partial charge in [0.25, 0.3) is 0 Å². The topological polar surface area (TPSA) is 73.9 Å². The number of rotatable bonds is 10. The van der Waals surface area contributed by atoms with E-state index in [-0.39, 0.29) is 13.0 Å². The second-order valence-corrected chi connectivity index (χ2v) is 7.18. The number of alkyl halides is 3. The monoisotopic (exact) mass is 473 g/mol. The van der Waals surface area contributed by atoms with Crippen molar-refractivity contribution in [1.29, 1.82) is 0 Å². The molecular formula is C25H22F3NO5. The molecule has 34 heavy (non-hydrogen) atoms. The minimum atomic E-state index is -5.19. The minimum Gasteiger partial charge on any atom is -0.489 e. The molecule has 0 saturated carbocycles. The van der Waals surface area contributed by atoms with Crippen LogP contribution >= 0.6 is 0 Å². The molecule has 178 valence electrons. The molecular weight excluding hydrogens is 451 g/mol. The average molecular weight is 473 g/mol. The van der Waals surface area contributed by atoms with Crippen molar-refractivity contribution in [3.05, 3.63) is 90.0 Å². The van der Waals surface area contributed by atoms with Gasteiger partial charge in [-0.1, -0.05) is 42.5 Å². The van der Waals surface area contributed by atoms with Crippen LogP contribution in [-0.2, 0) is 27.5 Å². The van der Waals surface area contributed by atoms with Crippen molar-refractivity contribution >= 4 is 11.9 Å². The van der Waals surface area contributed by atoms with Crippen LogP contribution in [0.3, 0.4) is 0 Å². The molecule has 0 aromatic heterocycles. The SMILES string of the molecule is O=C(CCNCc1ccc(OCc2cccc(Oc3ccccc3)c2)cc1)OC(=O)C(F)(F)F. The number of carbonyl (C=O) groups is 2. The molecule has 0 saturated heterocycles. The first kappa shape index (κ1) is 24.8. The van der Waals surface area contributed by atoms with Crippen molar-refractivity contribution in [2.45, 2.75) is 25.7 Å². The molecule has 1 N–H and O–H groups in total. The summed E-state index contributed by atoms with van der Waals surface area (Å²) < 4.78 is 51.5. The van der Waals surface area contributed by atoms with Gasteiger partial charge < -0.3 is 19.5 Å². The number of hydrogen-bond acceptors (Lipinski definition) is 6. The summed E-state index contributed by atoms with van der Waals surface area (Å²) in [5.41, 5.74) is 1.82. The summed E-state index contributed by atoms with van der Waals surface area (Å²) in [5, 5.41) is 2.90. The van der Waals surface area contributed by atoms with E-state index in [1.807, 2.05) is 66.7 Å². The third kappa shape index (κ3) is 8.25. The average Bonchev–Trinajstić information content (AvgIpc) is 2.81. The van der Waals surface area contributed by atoms with Gasteiger partial charge in [0.05, 0.1) is 6.42 Å². The highest BCUT2D eigenvalue weighted by molar-refractivity contribution is 5.88. The standard InChI is InChI=1S/C25H22F3NO5/c26-25(27,28)24(31)34-23(30)13-14-29-16-18-9-11-20(12-10-18)32-17-19-5-4-8-22(15-19)33-21-6-2-1-3-7-21/h1-12,15,29H,13-14,16-17H2. The van der Waals surface area contributed by atoms with Crippen LogP contribution < -0.4 is 14.8 Å². The number of nitrogens with one attached hydrogen (secondary N) is 1. The summed E-state index contributed by atoms with van der Waals surface area (Å²) >= 11 is 0. The van der Waals surface area contributed by atoms with Gasteiger partial charge in [0.2, 0.25) is 0 Å². The highest BCUT2D eigenvalue weighted by Crippen LogP contribution is 2.23. The van der Waals surface area contributed by atoms with Crippen LogP contribution in [0, 0.1) is 0 Å². The van der Waals surface area contributed by atoms with Gasteiger partial charge in [0, 0.05) is 13.1 Å². The molecule has 3 aromatic carbocycles. The summed E-state index contributed by atoms with van der Waals surface area (Å²) in [4.78, 5) is 21.8. The lowest BCUT2D eigenvalue weighted by Gasteiger charge is -2.10. The number of hydrogen-bond donors (Lipinski definition) is 1. The Morgan fingerprint density at radius 2 is 1.50 bits per heavy atom. The molecule has 0 amide bonds. The van der Waals surface area contributed by atoms with E-state index in [0.29, 0.717) is 24.7 Å². The number of halogens is 3. The first-order valence-electron chi connectivity index (χ1n) is 10.4. The van der Waals surface area contributed by atoms with Crippen LogP contribution in [0.25, 0.3) is 0 Å². The van der Waals surface area contributed by atoms with Crippen molar-refractivity contribution in [2.24, 2.45) is 0 Å². The van der Waals surface area contributed by atoms with E-state index in [2.05, 4.69) is 10.1 Å². The zero-order valence-corrected chi connectivity index (χ0v) is 18.0. The molecule has 0 aliphatic carbocycles. The van der Waals surface area contributed by atoms with Crippen molar-refractivity contribution in [3.63, 3.8) is 0 Å². The summed E-state index contributed by atoms with van der Waals surface area (Å²) in [6.07, 6.45) is -5.55. The second-order valence-electron chi connectivity index (χ2n) is 7.18. The zero-order chi connectivity index (χ0) is 24.4. The van der Waals surface area contributed by atoms with Gasteiger partial charge in [-0.2, -0.15) is 13.2 Å². The molecule has 6 nitrogen and oxygen atoms in total. The Labute approximate surface area is 194 Å². The lowest BCUT2D eigenvalue weighted by atomic mass is 10.2. The maximum Gasteiger partial charge on any atom is 0.491 e. The van der Waals surface area contributed by atoms with E-state index in [4.69, 9.17) is 9.47 Å². The van der Waals surface area contributed by atoms with E-state index in [0.717, 1.165) is 16.9 Å². The summed E-state index contributed by atoms with van der Waals surface area (Å²) in [5.74, 6) is -1.63. The number of esters is 2. The Morgan fingerprint density at radius 3 is 2.21 bits per heavy atom. The molecule has 0 bridgehead atoms. The highest BCUT2D eigenvalue weighted by Gasteiger charge is 2.42. The fraction of sp³-hybridized carbons (Fsp3) is 0.200. The largest absolute Gasteiger partial charge is 0.491 e. The predicted molar refractivity (Wildman–Crippen MR) is 117 cm³/mol. The maximum absolute atomic E-state index is 12.0. The first-order chi connectivity index (χ1) is 16.3. The molecule has 3 aromatic rings. The van der Waals surface area contributed by atoms with Crippen LogP contribution in [0.5, 0.6) is 17.2 Å². The quantitative estimate of drug-likeness (QED) is 0.249. The molecule has 0 aliphatic heterocycles. The fourth-order valence-corrected chi connectivity index (χ4v) is 2.83. The molecule has 0 unspecified atom stereocenters. The van der Waals surface area contributed by atoms with Crippen molar-refractivity contribution in [1.82, 2.24) is 5.32 Å². The Morgan fingerprint density at radius 1 is 0.794 bits per heavy atom. The first-order valence-corrected chi connectivity index (χ1v) is 10.4. The Bertz CT molecular complexity index is 1090. The molecule has 0 atom stereocenters. The van der Waals surface area contributed by atoms with Gasteiger partial charge >= 0.3 is 18.1 Å². The smallest absolute Gasteiger partial charge is 0.489 e. The molecule has 3 rings (SSSR count). The summed E-state index contributed by atoms with van der Waals surface area (Å²) in [6.45, 7) is 0.783. The zero-order valence-electron chi connectivity index (χ0n) is 18.0. The minimum absolute atomic E-state index is 0.0591. The molecule has 0 spiro atoms. The van der Waals surface area contributed by atoms with Gasteiger partial charge in [-0.05, 0) is 47.5 Å². The Hall–Kier alpha value is -3.85. The summed E-state index contributed by atoms with van der Waals surface area (Å²) in [7, 11) is 0. The predicted octanol–water partition coefficient (Wildman–Crippen LogP) is 5.17. The lowest BCUT2D eigenvalue weighted by Crippen LogP contribution is -2.29. The second kappa shape index (κ2) is 11.9. The molecule has 9 heteroatoms. The molecule has 0 heterocycles. The number of ether oxygens (including phenoxy) is 3. The van der Waals surface area contributed by atoms with Crippen LogP contribution in [-0.4, -0.2) is 24.7 Å². The highest BCUT2D eigenvalue weighted by atomic mass is 19.4. The molecule has 0 aliphatic rings. The van der Waals surface area contributed by atoms with Crippen LogP contribution in [0.4, 0.5) is 13.2 Å².